The minimum absolute atomic E-state index is 0.00613. The zero-order valence-electron chi connectivity index (χ0n) is 22.2. The van der Waals surface area contributed by atoms with Crippen molar-refractivity contribution in [1.82, 2.24) is 14.7 Å². The van der Waals surface area contributed by atoms with Crippen molar-refractivity contribution in [2.45, 2.75) is 52.9 Å². The van der Waals surface area contributed by atoms with E-state index in [0.717, 1.165) is 57.9 Å². The third-order valence-electron chi connectivity index (χ3n) is 8.64. The number of hydrogen-bond donors (Lipinski definition) is 0. The van der Waals surface area contributed by atoms with Gasteiger partial charge in [-0.1, -0.05) is 50.4 Å². The van der Waals surface area contributed by atoms with Crippen molar-refractivity contribution in [1.29, 1.82) is 0 Å². The Morgan fingerprint density at radius 3 is 2.50 bits per heavy atom. The molecule has 1 saturated heterocycles. The van der Waals surface area contributed by atoms with E-state index in [9.17, 15) is 9.59 Å². The lowest BCUT2D eigenvalue weighted by molar-refractivity contribution is -0.135. The van der Waals surface area contributed by atoms with Gasteiger partial charge in [-0.2, -0.15) is 0 Å². The van der Waals surface area contributed by atoms with Crippen LogP contribution in [-0.2, 0) is 9.59 Å². The number of halogens is 1. The first kappa shape index (κ1) is 27.0. The first-order chi connectivity index (χ1) is 17.3. The summed E-state index contributed by atoms with van der Waals surface area (Å²) in [5.41, 5.74) is 1.85. The van der Waals surface area contributed by atoms with Gasteiger partial charge in [0.1, 0.15) is 5.75 Å². The van der Waals surface area contributed by atoms with Crippen LogP contribution in [0.5, 0.6) is 5.75 Å². The van der Waals surface area contributed by atoms with Gasteiger partial charge in [-0.05, 0) is 60.8 Å². The molecule has 198 valence electrons. The Balaban J connectivity index is 1.24. The smallest absolute Gasteiger partial charge is 0.260 e. The average molecular weight is 516 g/mol. The SMILES string of the molecule is CCCCC(=O)N(CCN1CCN(C(=O)COc2ccc(Cl)cc2)CC1)CC1=CCC2CC1C2(C)C. The summed E-state index contributed by atoms with van der Waals surface area (Å²) in [6, 6.07) is 7.06. The second-order valence-electron chi connectivity index (χ2n) is 11.2. The number of nitrogens with zero attached hydrogens (tertiary/aromatic N) is 3. The maximum absolute atomic E-state index is 13.1. The quantitative estimate of drug-likeness (QED) is 0.394. The van der Waals surface area contributed by atoms with Crippen molar-refractivity contribution < 1.29 is 14.3 Å². The Kier molecular flexibility index (Phi) is 9.00. The van der Waals surface area contributed by atoms with Gasteiger partial charge in [0.2, 0.25) is 5.91 Å². The second-order valence-corrected chi connectivity index (χ2v) is 11.6. The van der Waals surface area contributed by atoms with Crippen LogP contribution in [0.3, 0.4) is 0 Å². The molecule has 1 aliphatic heterocycles. The van der Waals surface area contributed by atoms with E-state index >= 15 is 0 Å². The number of amides is 2. The van der Waals surface area contributed by atoms with Gasteiger partial charge in [0.25, 0.3) is 5.91 Å². The minimum Gasteiger partial charge on any atom is -0.484 e. The average Bonchev–Trinajstić information content (AvgIpc) is 2.89. The fraction of sp³-hybridized carbons (Fsp3) is 0.655. The summed E-state index contributed by atoms with van der Waals surface area (Å²) in [4.78, 5) is 32.0. The zero-order valence-corrected chi connectivity index (χ0v) is 22.9. The monoisotopic (exact) mass is 515 g/mol. The van der Waals surface area contributed by atoms with Crippen molar-refractivity contribution in [3.05, 3.63) is 40.9 Å². The van der Waals surface area contributed by atoms with Gasteiger partial charge in [0, 0.05) is 57.3 Å². The number of ether oxygens (including phenoxy) is 1. The first-order valence-corrected chi connectivity index (χ1v) is 14.0. The summed E-state index contributed by atoms with van der Waals surface area (Å²) < 4.78 is 5.63. The molecule has 1 heterocycles. The highest BCUT2D eigenvalue weighted by Crippen LogP contribution is 2.59. The van der Waals surface area contributed by atoms with Crippen LogP contribution in [0, 0.1) is 17.3 Å². The molecule has 2 atom stereocenters. The molecule has 1 saturated carbocycles. The van der Waals surface area contributed by atoms with E-state index in [1.54, 1.807) is 24.3 Å². The zero-order chi connectivity index (χ0) is 25.7. The predicted molar refractivity (Wildman–Crippen MR) is 144 cm³/mol. The van der Waals surface area contributed by atoms with Gasteiger partial charge in [-0.25, -0.2) is 0 Å². The highest BCUT2D eigenvalue weighted by Gasteiger charge is 2.51. The van der Waals surface area contributed by atoms with Crippen LogP contribution >= 0.6 is 11.6 Å². The van der Waals surface area contributed by atoms with Crippen LogP contribution < -0.4 is 4.74 Å². The number of carbonyl (C=O) groups excluding carboxylic acids is 2. The highest BCUT2D eigenvalue weighted by atomic mass is 35.5. The lowest BCUT2D eigenvalue weighted by Crippen LogP contribution is -2.52. The Morgan fingerprint density at radius 1 is 1.14 bits per heavy atom. The van der Waals surface area contributed by atoms with E-state index in [1.807, 2.05) is 4.90 Å². The molecule has 7 heteroatoms. The molecular weight excluding hydrogens is 474 g/mol. The van der Waals surface area contributed by atoms with E-state index in [2.05, 4.69) is 36.6 Å². The van der Waals surface area contributed by atoms with Gasteiger partial charge in [0.15, 0.2) is 6.61 Å². The number of hydrogen-bond acceptors (Lipinski definition) is 4. The standard InChI is InChI=1S/C29H42ClN3O3/c1-4-5-6-27(34)33(20-22-7-8-23-19-26(22)29(23,2)3)18-15-31-13-16-32(17-14-31)28(35)21-36-25-11-9-24(30)10-12-25/h7,9-12,23,26H,4-6,8,13-21H2,1-3H3. The van der Waals surface area contributed by atoms with E-state index < -0.39 is 0 Å². The lowest BCUT2D eigenvalue weighted by Gasteiger charge is -2.57. The molecule has 4 aliphatic rings. The number of allylic oxidation sites excluding steroid dienone is 1. The molecule has 2 unspecified atom stereocenters. The molecule has 36 heavy (non-hydrogen) atoms. The first-order valence-electron chi connectivity index (χ1n) is 13.6. The summed E-state index contributed by atoms with van der Waals surface area (Å²) in [7, 11) is 0. The topological polar surface area (TPSA) is 53.1 Å². The number of piperazine rings is 1. The number of rotatable bonds is 11. The van der Waals surface area contributed by atoms with Crippen LogP contribution in [-0.4, -0.2) is 78.9 Å². The lowest BCUT2D eigenvalue weighted by atomic mass is 9.49. The van der Waals surface area contributed by atoms with Gasteiger partial charge < -0.3 is 14.5 Å². The molecule has 6 nitrogen and oxygen atoms in total. The molecule has 0 spiro atoms. The fourth-order valence-electron chi connectivity index (χ4n) is 5.90. The number of carbonyl (C=O) groups is 2. The van der Waals surface area contributed by atoms with Crippen molar-refractivity contribution in [2.24, 2.45) is 17.3 Å². The Morgan fingerprint density at radius 2 is 1.86 bits per heavy atom. The predicted octanol–water partition coefficient (Wildman–Crippen LogP) is 4.87. The Bertz CT molecular complexity index is 938. The summed E-state index contributed by atoms with van der Waals surface area (Å²) >= 11 is 5.90. The van der Waals surface area contributed by atoms with Gasteiger partial charge in [-0.3, -0.25) is 14.5 Å². The van der Waals surface area contributed by atoms with Gasteiger partial charge in [0.05, 0.1) is 0 Å². The maximum Gasteiger partial charge on any atom is 0.260 e. The molecule has 2 bridgehead atoms. The molecule has 1 aromatic rings. The summed E-state index contributed by atoms with van der Waals surface area (Å²) in [5.74, 6) is 2.37. The van der Waals surface area contributed by atoms with Crippen LogP contribution in [0.15, 0.2) is 35.9 Å². The highest BCUT2D eigenvalue weighted by molar-refractivity contribution is 6.30. The van der Waals surface area contributed by atoms with E-state index in [-0.39, 0.29) is 18.4 Å². The second kappa shape index (κ2) is 12.0. The number of benzene rings is 1. The van der Waals surface area contributed by atoms with Crippen LogP contribution in [0.25, 0.3) is 0 Å². The Labute approximate surface area is 221 Å². The molecule has 3 aliphatic carbocycles. The number of fused-ring (bicyclic) bond motifs is 1. The molecule has 0 aromatic heterocycles. The molecule has 2 fully saturated rings. The molecular formula is C29H42ClN3O3. The molecule has 5 rings (SSSR count). The fourth-order valence-corrected chi connectivity index (χ4v) is 6.03. The van der Waals surface area contributed by atoms with Crippen LogP contribution in [0.4, 0.5) is 0 Å². The molecule has 1 aromatic carbocycles. The third-order valence-corrected chi connectivity index (χ3v) is 8.89. The molecule has 2 amide bonds. The van der Waals surface area contributed by atoms with E-state index in [4.69, 9.17) is 16.3 Å². The third kappa shape index (κ3) is 6.44. The van der Waals surface area contributed by atoms with Gasteiger partial charge in [-0.15, -0.1) is 0 Å². The largest absolute Gasteiger partial charge is 0.484 e. The molecule has 0 radical (unpaired) electrons. The Hall–Kier alpha value is -2.05. The number of unbranched alkanes of at least 4 members (excludes halogenated alkanes) is 1. The van der Waals surface area contributed by atoms with Crippen molar-refractivity contribution >= 4 is 23.4 Å². The summed E-state index contributed by atoms with van der Waals surface area (Å²) in [6.07, 6.45) is 7.49. The maximum atomic E-state index is 13.1. The van der Waals surface area contributed by atoms with Crippen LogP contribution in [0.2, 0.25) is 5.02 Å². The minimum atomic E-state index is 0.00613. The summed E-state index contributed by atoms with van der Waals surface area (Å²) in [6.45, 7) is 12.4. The van der Waals surface area contributed by atoms with Crippen molar-refractivity contribution in [3.63, 3.8) is 0 Å². The normalized spacial score (nSPS) is 23.0. The van der Waals surface area contributed by atoms with Gasteiger partial charge >= 0.3 is 0 Å². The molecule has 0 N–H and O–H groups in total. The van der Waals surface area contributed by atoms with E-state index in [1.165, 1.54) is 12.0 Å². The van der Waals surface area contributed by atoms with E-state index in [0.29, 0.717) is 41.6 Å². The van der Waals surface area contributed by atoms with Crippen molar-refractivity contribution in [3.8, 4) is 5.75 Å². The van der Waals surface area contributed by atoms with Crippen molar-refractivity contribution in [2.75, 3.05) is 52.4 Å². The summed E-state index contributed by atoms with van der Waals surface area (Å²) in [5, 5.41) is 0.645. The van der Waals surface area contributed by atoms with Crippen LogP contribution in [0.1, 0.15) is 52.9 Å².